The van der Waals surface area contributed by atoms with Crippen LogP contribution >= 0.6 is 11.8 Å². The molecule has 0 saturated heterocycles. The molecule has 0 unspecified atom stereocenters. The van der Waals surface area contributed by atoms with Crippen molar-refractivity contribution < 1.29 is 53.8 Å². The van der Waals surface area contributed by atoms with Crippen molar-refractivity contribution in [3.8, 4) is 11.9 Å². The van der Waals surface area contributed by atoms with Crippen molar-refractivity contribution in [2.24, 2.45) is 0 Å². The number of ether oxygens (including phenoxy) is 2. The van der Waals surface area contributed by atoms with Crippen LogP contribution in [0, 0.1) is 0 Å². The molecule has 1 N–H and O–H groups in total. The smallest absolute Gasteiger partial charge is 0.422 e. The zero-order valence-corrected chi connectivity index (χ0v) is 16.4. The van der Waals surface area contributed by atoms with E-state index in [2.05, 4.69) is 19.4 Å². The molecule has 0 spiro atoms. The van der Waals surface area contributed by atoms with E-state index in [9.17, 15) is 44.3 Å². The molecule has 0 aliphatic heterocycles. The quantitative estimate of drug-likeness (QED) is 0.404. The van der Waals surface area contributed by atoms with Gasteiger partial charge in [-0.3, -0.25) is 5.32 Å². The molecule has 7 nitrogen and oxygen atoms in total. The molecule has 2 aromatic rings. The van der Waals surface area contributed by atoms with Crippen molar-refractivity contribution in [2.75, 3.05) is 22.9 Å². The highest BCUT2D eigenvalue weighted by Crippen LogP contribution is 2.31. The standard InChI is InChI=1S/C16H10ClF9N4O3/c17-30(9-3-1-8(2-4-9)16(24,25)26)13(31)28-10-5-11(32-6-14(18,19)20)29-12(27-10)33-7-15(21,22)23/h1-5H,6-7H2,(H,27,28,29,31). The highest BCUT2D eigenvalue weighted by Gasteiger charge is 2.32. The predicted octanol–water partition coefficient (Wildman–Crippen LogP) is 5.57. The summed E-state index contributed by atoms with van der Waals surface area (Å²) in [5, 5.41) is 1.92. The molecule has 33 heavy (non-hydrogen) atoms. The molecule has 0 aliphatic carbocycles. The summed E-state index contributed by atoms with van der Waals surface area (Å²) in [6.45, 7) is -3.78. The molecule has 0 aliphatic rings. The topological polar surface area (TPSA) is 76.6 Å². The highest BCUT2D eigenvalue weighted by molar-refractivity contribution is 6.37. The lowest BCUT2D eigenvalue weighted by atomic mass is 10.2. The fourth-order valence-corrected chi connectivity index (χ4v) is 2.12. The van der Waals surface area contributed by atoms with Gasteiger partial charge in [0.25, 0.3) is 0 Å². The number of hydrogen-bond donors (Lipinski definition) is 1. The van der Waals surface area contributed by atoms with Crippen molar-refractivity contribution in [1.29, 1.82) is 0 Å². The van der Waals surface area contributed by atoms with E-state index in [0.717, 1.165) is 12.1 Å². The second-order valence-corrected chi connectivity index (χ2v) is 6.28. The molecule has 0 fully saturated rings. The van der Waals surface area contributed by atoms with Crippen LogP contribution in [-0.2, 0) is 6.18 Å². The Morgan fingerprint density at radius 2 is 1.45 bits per heavy atom. The number of aromatic nitrogens is 2. The molecule has 1 aromatic carbocycles. The van der Waals surface area contributed by atoms with Gasteiger partial charge in [0.15, 0.2) is 13.2 Å². The number of anilines is 2. The summed E-state index contributed by atoms with van der Waals surface area (Å²) in [5.41, 5.74) is -1.29. The normalized spacial score (nSPS) is 12.3. The number of carbonyl (C=O) groups is 1. The Morgan fingerprint density at radius 1 is 0.909 bits per heavy atom. The van der Waals surface area contributed by atoms with Gasteiger partial charge in [0.1, 0.15) is 5.82 Å². The van der Waals surface area contributed by atoms with Crippen LogP contribution in [0.25, 0.3) is 0 Å². The van der Waals surface area contributed by atoms with Gasteiger partial charge < -0.3 is 9.47 Å². The third kappa shape index (κ3) is 8.70. The first kappa shape index (κ1) is 26.1. The van der Waals surface area contributed by atoms with Crippen molar-refractivity contribution in [3.05, 3.63) is 35.9 Å². The lowest BCUT2D eigenvalue weighted by Crippen LogP contribution is -2.27. The van der Waals surface area contributed by atoms with Gasteiger partial charge in [-0.15, -0.1) is 0 Å². The summed E-state index contributed by atoms with van der Waals surface area (Å²) >= 11 is 5.73. The van der Waals surface area contributed by atoms with Crippen LogP contribution in [0.4, 0.5) is 55.8 Å². The maximum atomic E-state index is 12.6. The molecular formula is C16H10ClF9N4O3. The van der Waals surface area contributed by atoms with Gasteiger partial charge in [0, 0.05) is 17.8 Å². The Balaban J connectivity index is 2.21. The number of nitrogens with one attached hydrogen (secondary N) is 1. The Bertz CT molecular complexity index is 929. The number of halogens is 10. The van der Waals surface area contributed by atoms with E-state index in [1.54, 1.807) is 0 Å². The Labute approximate surface area is 183 Å². The van der Waals surface area contributed by atoms with E-state index in [4.69, 9.17) is 11.8 Å². The van der Waals surface area contributed by atoms with Crippen molar-refractivity contribution in [3.63, 3.8) is 0 Å². The largest absolute Gasteiger partial charge is 0.468 e. The van der Waals surface area contributed by atoms with E-state index in [0.29, 0.717) is 18.2 Å². The van der Waals surface area contributed by atoms with Gasteiger partial charge >= 0.3 is 30.6 Å². The Kier molecular flexibility index (Phi) is 7.72. The lowest BCUT2D eigenvalue weighted by Gasteiger charge is -2.16. The maximum absolute atomic E-state index is 12.6. The van der Waals surface area contributed by atoms with Crippen molar-refractivity contribution in [1.82, 2.24) is 9.97 Å². The fraction of sp³-hybridized carbons (Fsp3) is 0.312. The van der Waals surface area contributed by atoms with Gasteiger partial charge in [-0.1, -0.05) is 0 Å². The lowest BCUT2D eigenvalue weighted by molar-refractivity contribution is -0.155. The molecule has 1 heterocycles. The average molecular weight is 513 g/mol. The van der Waals surface area contributed by atoms with E-state index in [1.807, 2.05) is 5.32 Å². The summed E-state index contributed by atoms with van der Waals surface area (Å²) in [6, 6.07) is 1.18. The molecule has 0 saturated carbocycles. The van der Waals surface area contributed by atoms with Crippen molar-refractivity contribution >= 4 is 29.3 Å². The minimum absolute atomic E-state index is 0.252. The van der Waals surface area contributed by atoms with Gasteiger partial charge in [-0.2, -0.15) is 49.5 Å². The second-order valence-electron chi connectivity index (χ2n) is 5.94. The van der Waals surface area contributed by atoms with E-state index >= 15 is 0 Å². The first-order valence-corrected chi connectivity index (χ1v) is 8.60. The maximum Gasteiger partial charge on any atom is 0.422 e. The molecule has 2 amide bonds. The first-order chi connectivity index (χ1) is 15.0. The zero-order chi connectivity index (χ0) is 25.0. The minimum atomic E-state index is -4.84. The third-order valence-electron chi connectivity index (χ3n) is 3.27. The van der Waals surface area contributed by atoms with Crippen LogP contribution in [0.5, 0.6) is 11.9 Å². The van der Waals surface area contributed by atoms with Gasteiger partial charge in [0.05, 0.1) is 11.3 Å². The molecule has 0 radical (unpaired) electrons. The SMILES string of the molecule is O=C(Nc1cc(OCC(F)(F)F)nc(OCC(F)(F)F)n1)N(Cl)c1ccc(C(F)(F)F)cc1. The predicted molar refractivity (Wildman–Crippen MR) is 93.9 cm³/mol. The number of carbonyl (C=O) groups excluding carboxylic acids is 1. The zero-order valence-electron chi connectivity index (χ0n) is 15.6. The Hall–Kier alpha value is -3.17. The number of hydrogen-bond acceptors (Lipinski definition) is 5. The van der Waals surface area contributed by atoms with Crippen LogP contribution in [0.15, 0.2) is 30.3 Å². The number of nitrogens with zero attached hydrogens (tertiary/aromatic N) is 3. The summed E-state index contributed by atoms with van der Waals surface area (Å²) in [6.07, 6.45) is -14.3. The van der Waals surface area contributed by atoms with E-state index in [-0.39, 0.29) is 10.1 Å². The molecule has 17 heteroatoms. The third-order valence-corrected chi connectivity index (χ3v) is 3.61. The molecule has 0 atom stereocenters. The number of benzene rings is 1. The van der Waals surface area contributed by atoms with E-state index < -0.39 is 61.0 Å². The highest BCUT2D eigenvalue weighted by atomic mass is 35.5. The van der Waals surface area contributed by atoms with Crippen LogP contribution < -0.4 is 19.2 Å². The van der Waals surface area contributed by atoms with Crippen LogP contribution in [-0.4, -0.2) is 41.6 Å². The molecule has 1 aromatic heterocycles. The molecule has 2 rings (SSSR count). The van der Waals surface area contributed by atoms with Gasteiger partial charge in [-0.25, -0.2) is 9.21 Å². The first-order valence-electron chi connectivity index (χ1n) is 8.26. The summed E-state index contributed by atoms with van der Waals surface area (Å²) in [7, 11) is 0. The Morgan fingerprint density at radius 3 is 1.97 bits per heavy atom. The molecule has 0 bridgehead atoms. The van der Waals surface area contributed by atoms with Crippen LogP contribution in [0.2, 0.25) is 0 Å². The molecular weight excluding hydrogens is 503 g/mol. The number of rotatable bonds is 6. The number of amides is 2. The van der Waals surface area contributed by atoms with Crippen molar-refractivity contribution in [2.45, 2.75) is 18.5 Å². The van der Waals surface area contributed by atoms with Gasteiger partial charge in [0.2, 0.25) is 5.88 Å². The molecule has 182 valence electrons. The second kappa shape index (κ2) is 9.76. The average Bonchev–Trinajstić information content (AvgIpc) is 2.68. The number of urea groups is 1. The van der Waals surface area contributed by atoms with Crippen LogP contribution in [0.3, 0.4) is 0 Å². The van der Waals surface area contributed by atoms with Gasteiger partial charge in [-0.05, 0) is 24.3 Å². The summed E-state index contributed by atoms with van der Waals surface area (Å²) < 4.78 is 121. The minimum Gasteiger partial charge on any atom is -0.468 e. The summed E-state index contributed by atoms with van der Waals surface area (Å²) in [5.74, 6) is -1.58. The fourth-order valence-electron chi connectivity index (χ4n) is 1.97. The van der Waals surface area contributed by atoms with E-state index in [1.165, 1.54) is 0 Å². The van der Waals surface area contributed by atoms with Crippen LogP contribution in [0.1, 0.15) is 5.56 Å². The summed E-state index contributed by atoms with van der Waals surface area (Å²) in [4.78, 5) is 18.8. The number of alkyl halides is 9. The monoisotopic (exact) mass is 512 g/mol.